The Morgan fingerprint density at radius 3 is 2.65 bits per heavy atom. The number of nitrogens with one attached hydrogen (secondary N) is 1. The molecule has 2 aliphatic rings. The van der Waals surface area contributed by atoms with E-state index in [1.165, 1.54) is 37.1 Å². The lowest BCUT2D eigenvalue weighted by molar-refractivity contribution is 0.330. The van der Waals surface area contributed by atoms with E-state index in [-0.39, 0.29) is 0 Å². The molecule has 0 spiro atoms. The number of amidine groups is 1. The summed E-state index contributed by atoms with van der Waals surface area (Å²) in [5, 5.41) is 3.64. The molecule has 0 aromatic heterocycles. The topological polar surface area (TPSA) is 24.4 Å². The number of para-hydroxylation sites is 1. The fourth-order valence-corrected chi connectivity index (χ4v) is 2.86. The molecule has 0 atom stereocenters. The van der Waals surface area contributed by atoms with Crippen LogP contribution in [0.2, 0.25) is 0 Å². The van der Waals surface area contributed by atoms with Crippen molar-refractivity contribution in [2.75, 3.05) is 0 Å². The summed E-state index contributed by atoms with van der Waals surface area (Å²) in [4.78, 5) is 4.67. The summed E-state index contributed by atoms with van der Waals surface area (Å²) < 4.78 is 0. The fraction of sp³-hybridized carbons (Fsp3) is 0.533. The van der Waals surface area contributed by atoms with Crippen LogP contribution in [0, 0.1) is 5.92 Å². The van der Waals surface area contributed by atoms with Crippen LogP contribution in [0.25, 0.3) is 0 Å². The summed E-state index contributed by atoms with van der Waals surface area (Å²) in [6.45, 7) is 2.36. The Morgan fingerprint density at radius 1 is 1.12 bits per heavy atom. The van der Waals surface area contributed by atoms with Crippen LogP contribution in [0.1, 0.15) is 38.2 Å². The maximum absolute atomic E-state index is 4.67. The Morgan fingerprint density at radius 2 is 1.88 bits per heavy atom. The molecule has 0 bridgehead atoms. The van der Waals surface area contributed by atoms with Crippen molar-refractivity contribution < 1.29 is 0 Å². The van der Waals surface area contributed by atoms with Gasteiger partial charge >= 0.3 is 0 Å². The second-order valence-electron chi connectivity index (χ2n) is 5.47. The van der Waals surface area contributed by atoms with Crippen LogP contribution in [-0.4, -0.2) is 11.9 Å². The van der Waals surface area contributed by atoms with Gasteiger partial charge in [-0.3, -0.25) is 0 Å². The fourth-order valence-electron chi connectivity index (χ4n) is 2.86. The minimum atomic E-state index is 0.652. The van der Waals surface area contributed by atoms with Gasteiger partial charge in [0.1, 0.15) is 5.84 Å². The number of rotatable bonds is 1. The standard InChI is InChI=1S/C15H20N2/c1-11-6-8-13(9-7-11)16-15-10-12-4-2-3-5-14(12)17-15/h2-5,11,13H,6-10H2,1H3,(H,16,17)/t11-,13-. The highest BCUT2D eigenvalue weighted by Crippen LogP contribution is 2.27. The normalized spacial score (nSPS) is 27.5. The van der Waals surface area contributed by atoms with Crippen LogP contribution in [-0.2, 0) is 6.42 Å². The van der Waals surface area contributed by atoms with E-state index in [9.17, 15) is 0 Å². The van der Waals surface area contributed by atoms with Gasteiger partial charge in [-0.25, -0.2) is 4.99 Å². The third kappa shape index (κ3) is 2.36. The third-order valence-electron chi connectivity index (χ3n) is 3.99. The highest BCUT2D eigenvalue weighted by Gasteiger charge is 2.21. The molecule has 3 rings (SSSR count). The molecule has 1 aliphatic carbocycles. The summed E-state index contributed by atoms with van der Waals surface area (Å²) in [5.74, 6) is 2.08. The molecule has 0 saturated heterocycles. The van der Waals surface area contributed by atoms with Gasteiger partial charge in [0.25, 0.3) is 0 Å². The van der Waals surface area contributed by atoms with Gasteiger partial charge in [-0.1, -0.05) is 25.1 Å². The van der Waals surface area contributed by atoms with Crippen molar-refractivity contribution >= 4 is 11.5 Å². The van der Waals surface area contributed by atoms with E-state index in [2.05, 4.69) is 41.5 Å². The lowest BCUT2D eigenvalue weighted by atomic mass is 9.87. The average Bonchev–Trinajstić information content (AvgIpc) is 2.74. The minimum absolute atomic E-state index is 0.652. The second-order valence-corrected chi connectivity index (χ2v) is 5.47. The van der Waals surface area contributed by atoms with E-state index in [1.807, 2.05) is 0 Å². The molecule has 1 aromatic rings. The third-order valence-corrected chi connectivity index (χ3v) is 3.99. The molecule has 1 heterocycles. The first-order valence-electron chi connectivity index (χ1n) is 6.73. The molecular formula is C15H20N2. The highest BCUT2D eigenvalue weighted by molar-refractivity contribution is 5.92. The quantitative estimate of drug-likeness (QED) is 0.782. The summed E-state index contributed by atoms with van der Waals surface area (Å²) in [5.41, 5.74) is 2.51. The first-order chi connectivity index (χ1) is 8.31. The van der Waals surface area contributed by atoms with Crippen LogP contribution >= 0.6 is 0 Å². The van der Waals surface area contributed by atoms with Crippen molar-refractivity contribution in [2.45, 2.75) is 45.1 Å². The van der Waals surface area contributed by atoms with E-state index in [0.29, 0.717) is 6.04 Å². The van der Waals surface area contributed by atoms with Gasteiger partial charge in [-0.05, 0) is 43.2 Å². The molecule has 0 radical (unpaired) electrons. The Balaban J connectivity index is 1.62. The Hall–Kier alpha value is -1.31. The van der Waals surface area contributed by atoms with Crippen molar-refractivity contribution in [3.05, 3.63) is 29.8 Å². The lowest BCUT2D eigenvalue weighted by Crippen LogP contribution is -2.37. The van der Waals surface area contributed by atoms with Gasteiger partial charge in [0.05, 0.1) is 5.69 Å². The van der Waals surface area contributed by atoms with E-state index >= 15 is 0 Å². The molecule has 1 aliphatic heterocycles. The maximum atomic E-state index is 4.67. The predicted molar refractivity (Wildman–Crippen MR) is 71.8 cm³/mol. The average molecular weight is 228 g/mol. The van der Waals surface area contributed by atoms with Crippen LogP contribution in [0.4, 0.5) is 5.69 Å². The number of hydrogen-bond donors (Lipinski definition) is 1. The zero-order valence-corrected chi connectivity index (χ0v) is 10.4. The second kappa shape index (κ2) is 4.52. The molecular weight excluding hydrogens is 208 g/mol. The van der Waals surface area contributed by atoms with E-state index < -0.39 is 0 Å². The molecule has 17 heavy (non-hydrogen) atoms. The highest BCUT2D eigenvalue weighted by atomic mass is 15.0. The molecule has 2 heteroatoms. The first-order valence-corrected chi connectivity index (χ1v) is 6.73. The Bertz CT molecular complexity index is 428. The SMILES string of the molecule is C[C@H]1CC[C@H](NC2=Nc3ccccc3C2)CC1. The van der Waals surface area contributed by atoms with Crippen LogP contribution in [0.5, 0.6) is 0 Å². The number of nitrogens with zero attached hydrogens (tertiary/aromatic N) is 1. The van der Waals surface area contributed by atoms with E-state index in [1.54, 1.807) is 0 Å². The van der Waals surface area contributed by atoms with Gasteiger partial charge in [0.2, 0.25) is 0 Å². The number of fused-ring (bicyclic) bond motifs is 1. The number of benzene rings is 1. The number of hydrogen-bond acceptors (Lipinski definition) is 2. The smallest absolute Gasteiger partial charge is 0.107 e. The van der Waals surface area contributed by atoms with Crippen molar-refractivity contribution in [1.82, 2.24) is 5.32 Å². The molecule has 1 aromatic carbocycles. The van der Waals surface area contributed by atoms with Crippen molar-refractivity contribution in [1.29, 1.82) is 0 Å². The van der Waals surface area contributed by atoms with Crippen molar-refractivity contribution in [3.63, 3.8) is 0 Å². The van der Waals surface area contributed by atoms with Crippen molar-refractivity contribution in [3.8, 4) is 0 Å². The van der Waals surface area contributed by atoms with Gasteiger partial charge in [0, 0.05) is 12.5 Å². The summed E-state index contributed by atoms with van der Waals surface area (Å²) in [6.07, 6.45) is 6.31. The number of aliphatic imine (C=N–C) groups is 1. The van der Waals surface area contributed by atoms with Gasteiger partial charge in [0.15, 0.2) is 0 Å². The monoisotopic (exact) mass is 228 g/mol. The molecule has 0 amide bonds. The molecule has 1 fully saturated rings. The maximum Gasteiger partial charge on any atom is 0.107 e. The predicted octanol–water partition coefficient (Wildman–Crippen LogP) is 3.44. The molecule has 1 N–H and O–H groups in total. The van der Waals surface area contributed by atoms with Gasteiger partial charge in [-0.2, -0.15) is 0 Å². The lowest BCUT2D eigenvalue weighted by Gasteiger charge is -2.27. The van der Waals surface area contributed by atoms with Gasteiger partial charge < -0.3 is 5.32 Å². The summed E-state index contributed by atoms with van der Waals surface area (Å²) in [6, 6.07) is 9.09. The van der Waals surface area contributed by atoms with E-state index in [0.717, 1.165) is 18.0 Å². The van der Waals surface area contributed by atoms with Crippen molar-refractivity contribution in [2.24, 2.45) is 10.9 Å². The zero-order chi connectivity index (χ0) is 11.7. The largest absolute Gasteiger partial charge is 0.370 e. The van der Waals surface area contributed by atoms with Crippen LogP contribution < -0.4 is 5.32 Å². The van der Waals surface area contributed by atoms with Crippen LogP contribution in [0.3, 0.4) is 0 Å². The summed E-state index contributed by atoms with van der Waals surface area (Å²) in [7, 11) is 0. The Kier molecular flexibility index (Phi) is 2.87. The molecule has 0 unspecified atom stereocenters. The molecule has 90 valence electrons. The van der Waals surface area contributed by atoms with E-state index in [4.69, 9.17) is 0 Å². The van der Waals surface area contributed by atoms with Gasteiger partial charge in [-0.15, -0.1) is 0 Å². The van der Waals surface area contributed by atoms with Crippen LogP contribution in [0.15, 0.2) is 29.3 Å². The molecule has 1 saturated carbocycles. The summed E-state index contributed by atoms with van der Waals surface area (Å²) >= 11 is 0. The zero-order valence-electron chi connectivity index (χ0n) is 10.4. The minimum Gasteiger partial charge on any atom is -0.370 e. The molecule has 2 nitrogen and oxygen atoms in total. The Labute approximate surface area is 103 Å². The first kappa shape index (κ1) is 10.8.